The first-order valence-electron chi connectivity index (χ1n) is 10.1. The maximum atomic E-state index is 12.6. The maximum absolute atomic E-state index is 12.6. The number of hydrogen-bond acceptors (Lipinski definition) is 5. The first-order chi connectivity index (χ1) is 14.8. The lowest BCUT2D eigenvalue weighted by Crippen LogP contribution is -2.33. The Balaban J connectivity index is 1.63. The number of anilines is 2. The Kier molecular flexibility index (Phi) is 6.79. The summed E-state index contributed by atoms with van der Waals surface area (Å²) in [6.07, 6.45) is 0.215. The Labute approximate surface area is 181 Å². The van der Waals surface area contributed by atoms with Crippen LogP contribution < -0.4 is 20.1 Å². The highest BCUT2D eigenvalue weighted by atomic mass is 16.5. The van der Waals surface area contributed by atoms with Gasteiger partial charge in [-0.05, 0) is 50.2 Å². The molecule has 0 radical (unpaired) electrons. The van der Waals surface area contributed by atoms with Crippen molar-refractivity contribution in [3.05, 3.63) is 48.0 Å². The molecule has 3 amide bonds. The van der Waals surface area contributed by atoms with Gasteiger partial charge in [0.25, 0.3) is 5.91 Å². The predicted octanol–water partition coefficient (Wildman–Crippen LogP) is 3.15. The molecule has 8 heteroatoms. The van der Waals surface area contributed by atoms with Crippen LogP contribution in [-0.2, 0) is 9.59 Å². The third kappa shape index (κ3) is 5.14. The molecule has 0 aromatic heterocycles. The Morgan fingerprint density at radius 1 is 1.03 bits per heavy atom. The van der Waals surface area contributed by atoms with Gasteiger partial charge in [-0.3, -0.25) is 14.4 Å². The molecule has 1 aliphatic heterocycles. The lowest BCUT2D eigenvalue weighted by atomic mass is 10.1. The third-order valence-corrected chi connectivity index (χ3v) is 5.22. The molecule has 0 aliphatic carbocycles. The van der Waals surface area contributed by atoms with Crippen LogP contribution in [0.3, 0.4) is 0 Å². The van der Waals surface area contributed by atoms with E-state index in [1.807, 2.05) is 13.8 Å². The van der Waals surface area contributed by atoms with Gasteiger partial charge in [0, 0.05) is 36.3 Å². The Morgan fingerprint density at radius 2 is 1.74 bits per heavy atom. The van der Waals surface area contributed by atoms with Crippen molar-refractivity contribution >= 4 is 29.1 Å². The first-order valence-corrected chi connectivity index (χ1v) is 10.1. The van der Waals surface area contributed by atoms with Crippen LogP contribution in [0, 0.1) is 5.92 Å². The average molecular weight is 425 g/mol. The van der Waals surface area contributed by atoms with Gasteiger partial charge in [-0.1, -0.05) is 0 Å². The number of ether oxygens (including phenoxy) is 2. The highest BCUT2D eigenvalue weighted by molar-refractivity contribution is 6.05. The van der Waals surface area contributed by atoms with E-state index < -0.39 is 0 Å². The largest absolute Gasteiger partial charge is 0.497 e. The number of rotatable bonds is 7. The van der Waals surface area contributed by atoms with Crippen LogP contribution in [0.5, 0.6) is 11.5 Å². The average Bonchev–Trinajstić information content (AvgIpc) is 3.16. The lowest BCUT2D eigenvalue weighted by Gasteiger charge is -2.20. The normalized spacial score (nSPS) is 15.7. The summed E-state index contributed by atoms with van der Waals surface area (Å²) in [5.41, 5.74) is 1.48. The molecule has 2 aromatic carbocycles. The van der Waals surface area contributed by atoms with Crippen molar-refractivity contribution in [2.24, 2.45) is 5.92 Å². The molecule has 2 aromatic rings. The fourth-order valence-electron chi connectivity index (χ4n) is 3.46. The quantitative estimate of drug-likeness (QED) is 0.710. The molecular formula is C23H27N3O5. The van der Waals surface area contributed by atoms with Gasteiger partial charge in [0.1, 0.15) is 11.5 Å². The van der Waals surface area contributed by atoms with Crippen LogP contribution in [0.4, 0.5) is 11.4 Å². The van der Waals surface area contributed by atoms with Gasteiger partial charge in [0.2, 0.25) is 11.8 Å². The number of amides is 3. The fraction of sp³-hybridized carbons (Fsp3) is 0.348. The van der Waals surface area contributed by atoms with E-state index in [2.05, 4.69) is 10.6 Å². The molecule has 1 fully saturated rings. The van der Waals surface area contributed by atoms with Crippen LogP contribution in [0.1, 0.15) is 30.6 Å². The van der Waals surface area contributed by atoms with E-state index in [0.717, 1.165) is 0 Å². The highest BCUT2D eigenvalue weighted by Crippen LogP contribution is 2.29. The fourth-order valence-corrected chi connectivity index (χ4v) is 3.46. The minimum atomic E-state index is -0.376. The first kappa shape index (κ1) is 22.1. The SMILES string of the molecule is COc1ccc(OC)c(NC(=O)c2ccc(NC(=O)C3CC(=O)N(C(C)C)C3)cc2)c1. The van der Waals surface area contributed by atoms with E-state index in [0.29, 0.717) is 35.0 Å². The van der Waals surface area contributed by atoms with E-state index in [4.69, 9.17) is 9.47 Å². The number of benzene rings is 2. The van der Waals surface area contributed by atoms with Crippen molar-refractivity contribution in [3.63, 3.8) is 0 Å². The van der Waals surface area contributed by atoms with Crippen LogP contribution in [-0.4, -0.2) is 49.4 Å². The molecule has 1 saturated heterocycles. The van der Waals surface area contributed by atoms with E-state index in [1.165, 1.54) is 7.11 Å². The summed E-state index contributed by atoms with van der Waals surface area (Å²) in [5.74, 6) is 0.205. The Bertz CT molecular complexity index is 972. The molecule has 8 nitrogen and oxygen atoms in total. The molecule has 31 heavy (non-hydrogen) atoms. The van der Waals surface area contributed by atoms with Crippen molar-refractivity contribution in [2.45, 2.75) is 26.3 Å². The van der Waals surface area contributed by atoms with Gasteiger partial charge in [-0.15, -0.1) is 0 Å². The standard InChI is InChI=1S/C23H27N3O5/c1-14(2)26-13-16(11-21(26)27)23(29)24-17-7-5-15(6-8-17)22(28)25-19-12-18(30-3)9-10-20(19)31-4/h5-10,12,14,16H,11,13H2,1-4H3,(H,24,29)(H,25,28). The molecule has 0 spiro atoms. The summed E-state index contributed by atoms with van der Waals surface area (Å²) in [7, 11) is 3.06. The minimum Gasteiger partial charge on any atom is -0.497 e. The zero-order chi connectivity index (χ0) is 22.5. The Morgan fingerprint density at radius 3 is 2.32 bits per heavy atom. The highest BCUT2D eigenvalue weighted by Gasteiger charge is 2.35. The molecule has 2 N–H and O–H groups in total. The summed E-state index contributed by atoms with van der Waals surface area (Å²) < 4.78 is 10.5. The number of carbonyl (C=O) groups is 3. The second-order valence-electron chi connectivity index (χ2n) is 7.63. The zero-order valence-corrected chi connectivity index (χ0v) is 18.1. The van der Waals surface area contributed by atoms with Gasteiger partial charge < -0.3 is 25.0 Å². The molecule has 164 valence electrons. The van der Waals surface area contributed by atoms with Gasteiger partial charge in [-0.25, -0.2) is 0 Å². The van der Waals surface area contributed by atoms with Crippen molar-refractivity contribution in [1.29, 1.82) is 0 Å². The predicted molar refractivity (Wildman–Crippen MR) is 118 cm³/mol. The number of methoxy groups -OCH3 is 2. The topological polar surface area (TPSA) is 97.0 Å². The molecule has 1 aliphatic rings. The van der Waals surface area contributed by atoms with Gasteiger partial charge >= 0.3 is 0 Å². The molecular weight excluding hydrogens is 398 g/mol. The third-order valence-electron chi connectivity index (χ3n) is 5.22. The van der Waals surface area contributed by atoms with E-state index in [9.17, 15) is 14.4 Å². The van der Waals surface area contributed by atoms with Crippen LogP contribution in [0.25, 0.3) is 0 Å². The van der Waals surface area contributed by atoms with Crippen LogP contribution in [0.2, 0.25) is 0 Å². The number of carbonyl (C=O) groups excluding carboxylic acids is 3. The molecule has 0 bridgehead atoms. The van der Waals surface area contributed by atoms with Crippen molar-refractivity contribution < 1.29 is 23.9 Å². The van der Waals surface area contributed by atoms with E-state index >= 15 is 0 Å². The van der Waals surface area contributed by atoms with Gasteiger partial charge in [0.05, 0.1) is 25.8 Å². The summed E-state index contributed by atoms with van der Waals surface area (Å²) in [6, 6.07) is 11.8. The lowest BCUT2D eigenvalue weighted by molar-refractivity contribution is -0.129. The summed E-state index contributed by atoms with van der Waals surface area (Å²) in [5, 5.41) is 5.63. The van der Waals surface area contributed by atoms with Crippen LogP contribution >= 0.6 is 0 Å². The number of nitrogens with zero attached hydrogens (tertiary/aromatic N) is 1. The van der Waals surface area contributed by atoms with Crippen molar-refractivity contribution in [2.75, 3.05) is 31.4 Å². The van der Waals surface area contributed by atoms with E-state index in [1.54, 1.807) is 54.5 Å². The zero-order valence-electron chi connectivity index (χ0n) is 18.1. The van der Waals surface area contributed by atoms with Gasteiger partial charge in [0.15, 0.2) is 0 Å². The monoisotopic (exact) mass is 425 g/mol. The summed E-state index contributed by atoms with van der Waals surface area (Å²) >= 11 is 0. The Hall–Kier alpha value is -3.55. The molecule has 0 saturated carbocycles. The number of hydrogen-bond donors (Lipinski definition) is 2. The molecule has 3 rings (SSSR count). The number of nitrogens with one attached hydrogen (secondary N) is 2. The van der Waals surface area contributed by atoms with Crippen molar-refractivity contribution in [3.8, 4) is 11.5 Å². The van der Waals surface area contributed by atoms with Crippen LogP contribution in [0.15, 0.2) is 42.5 Å². The molecule has 1 heterocycles. The summed E-state index contributed by atoms with van der Waals surface area (Å²) in [4.78, 5) is 38.9. The summed E-state index contributed by atoms with van der Waals surface area (Å²) in [6.45, 7) is 4.29. The smallest absolute Gasteiger partial charge is 0.255 e. The van der Waals surface area contributed by atoms with Gasteiger partial charge in [-0.2, -0.15) is 0 Å². The second kappa shape index (κ2) is 9.51. The molecule has 1 unspecified atom stereocenters. The molecule has 1 atom stereocenters. The number of likely N-dealkylation sites (tertiary alicyclic amines) is 1. The van der Waals surface area contributed by atoms with E-state index in [-0.39, 0.29) is 36.1 Å². The minimum absolute atomic E-state index is 0.00450. The maximum Gasteiger partial charge on any atom is 0.255 e. The second-order valence-corrected chi connectivity index (χ2v) is 7.63. The van der Waals surface area contributed by atoms with Crippen molar-refractivity contribution in [1.82, 2.24) is 4.90 Å².